The fourth-order valence-corrected chi connectivity index (χ4v) is 4.81. The lowest BCUT2D eigenvalue weighted by Gasteiger charge is -2.26. The van der Waals surface area contributed by atoms with E-state index in [1.54, 1.807) is 24.3 Å². The van der Waals surface area contributed by atoms with Crippen LogP contribution in [0.4, 0.5) is 0 Å². The Morgan fingerprint density at radius 3 is 2.72 bits per heavy atom. The number of piperazine rings is 1. The van der Waals surface area contributed by atoms with Gasteiger partial charge in [0.05, 0.1) is 6.33 Å². The third kappa shape index (κ3) is 5.43. The van der Waals surface area contributed by atoms with Crippen LogP contribution < -0.4 is 5.32 Å². The van der Waals surface area contributed by atoms with E-state index in [1.165, 1.54) is 22.5 Å². The summed E-state index contributed by atoms with van der Waals surface area (Å²) in [4.78, 5) is 18.4. The van der Waals surface area contributed by atoms with Crippen LogP contribution in [0.15, 0.2) is 41.3 Å². The summed E-state index contributed by atoms with van der Waals surface area (Å²) < 4.78 is 2.81. The van der Waals surface area contributed by atoms with E-state index < -0.39 is 0 Å². The highest BCUT2D eigenvalue weighted by Gasteiger charge is 2.21. The molecule has 4 rings (SSSR count). The first-order chi connectivity index (χ1) is 14.2. The van der Waals surface area contributed by atoms with Crippen LogP contribution in [0.25, 0.3) is 5.69 Å². The first-order valence-electron chi connectivity index (χ1n) is 9.75. The summed E-state index contributed by atoms with van der Waals surface area (Å²) >= 11 is 3.00. The van der Waals surface area contributed by atoms with Crippen LogP contribution in [0.2, 0.25) is 0 Å². The van der Waals surface area contributed by atoms with Gasteiger partial charge in [-0.25, -0.2) is 4.98 Å². The van der Waals surface area contributed by atoms with E-state index in [2.05, 4.69) is 45.6 Å². The van der Waals surface area contributed by atoms with E-state index in [0.717, 1.165) is 42.0 Å². The molecule has 3 heterocycles. The summed E-state index contributed by atoms with van der Waals surface area (Å²) in [6, 6.07) is 6.37. The van der Waals surface area contributed by atoms with Crippen molar-refractivity contribution in [1.29, 1.82) is 0 Å². The molecule has 1 saturated heterocycles. The number of nitrogens with zero attached hydrogens (tertiary/aromatic N) is 5. The van der Waals surface area contributed by atoms with Gasteiger partial charge in [-0.15, -0.1) is 10.2 Å². The minimum atomic E-state index is -0.0123. The van der Waals surface area contributed by atoms with Crippen LogP contribution >= 0.6 is 23.1 Å². The Labute approximate surface area is 179 Å². The van der Waals surface area contributed by atoms with Gasteiger partial charge in [-0.3, -0.25) is 4.79 Å². The number of rotatable bonds is 5. The SMILES string of the molecule is CC.Cc1cc(-n2ccnc2)ccc1CSc1nnc(C(=O)N2CCNCC2)s1. The first-order valence-corrected chi connectivity index (χ1v) is 11.5. The summed E-state index contributed by atoms with van der Waals surface area (Å²) in [7, 11) is 0. The molecule has 1 aliphatic rings. The molecule has 0 spiro atoms. The standard InChI is InChI=1S/C18H20N6OS2.C2H6/c1-13-10-15(24-9-6-20-12-24)3-2-14(13)11-26-18-22-21-16(27-18)17(25)23-7-4-19-5-8-23;1-2/h2-3,6,9-10,12,19H,4-5,7-8,11H2,1H3;1-2H3. The Balaban J connectivity index is 0.00000117. The zero-order chi connectivity index (χ0) is 20.6. The van der Waals surface area contributed by atoms with Crippen molar-refractivity contribution in [3.05, 3.63) is 53.1 Å². The number of carbonyl (C=O) groups is 1. The normalized spacial score (nSPS) is 13.7. The van der Waals surface area contributed by atoms with Crippen molar-refractivity contribution in [2.75, 3.05) is 26.2 Å². The van der Waals surface area contributed by atoms with Crippen molar-refractivity contribution in [3.63, 3.8) is 0 Å². The quantitative estimate of drug-likeness (QED) is 0.625. The van der Waals surface area contributed by atoms with Crippen molar-refractivity contribution >= 4 is 29.0 Å². The minimum Gasteiger partial charge on any atom is -0.334 e. The van der Waals surface area contributed by atoms with Crippen LogP contribution in [0.3, 0.4) is 0 Å². The van der Waals surface area contributed by atoms with Crippen molar-refractivity contribution in [3.8, 4) is 5.69 Å². The van der Waals surface area contributed by atoms with Gasteiger partial charge in [-0.1, -0.05) is 43.0 Å². The van der Waals surface area contributed by atoms with E-state index in [4.69, 9.17) is 0 Å². The number of hydrogen-bond acceptors (Lipinski definition) is 7. The Bertz CT molecular complexity index is 919. The third-order valence-electron chi connectivity index (χ3n) is 4.47. The molecule has 0 unspecified atom stereocenters. The number of nitrogens with one attached hydrogen (secondary N) is 1. The summed E-state index contributed by atoms with van der Waals surface area (Å²) in [5, 5.41) is 12.0. The molecule has 1 fully saturated rings. The molecule has 1 aliphatic heterocycles. The zero-order valence-electron chi connectivity index (χ0n) is 17.0. The van der Waals surface area contributed by atoms with Gasteiger partial charge in [-0.05, 0) is 30.2 Å². The summed E-state index contributed by atoms with van der Waals surface area (Å²) in [5.41, 5.74) is 3.56. The number of aryl methyl sites for hydroxylation is 1. The number of imidazole rings is 1. The Kier molecular flexibility index (Phi) is 7.79. The Morgan fingerprint density at radius 2 is 2.03 bits per heavy atom. The molecule has 7 nitrogen and oxygen atoms in total. The predicted molar refractivity (Wildman–Crippen MR) is 118 cm³/mol. The molecule has 154 valence electrons. The molecular weight excluding hydrogens is 404 g/mol. The zero-order valence-corrected chi connectivity index (χ0v) is 18.6. The Morgan fingerprint density at radius 1 is 1.24 bits per heavy atom. The smallest absolute Gasteiger partial charge is 0.284 e. The average molecular weight is 431 g/mol. The predicted octanol–water partition coefficient (Wildman–Crippen LogP) is 3.40. The van der Waals surface area contributed by atoms with Gasteiger partial charge < -0.3 is 14.8 Å². The van der Waals surface area contributed by atoms with Gasteiger partial charge >= 0.3 is 0 Å². The van der Waals surface area contributed by atoms with Crippen molar-refractivity contribution in [2.24, 2.45) is 0 Å². The fourth-order valence-electron chi connectivity index (χ4n) is 2.91. The van der Waals surface area contributed by atoms with Gasteiger partial charge in [0.15, 0.2) is 4.34 Å². The van der Waals surface area contributed by atoms with Gasteiger partial charge in [0.25, 0.3) is 5.91 Å². The second kappa shape index (κ2) is 10.5. The topological polar surface area (TPSA) is 75.9 Å². The molecule has 1 amide bonds. The number of hydrogen-bond donors (Lipinski definition) is 1. The lowest BCUT2D eigenvalue weighted by atomic mass is 10.1. The molecule has 0 radical (unpaired) electrons. The highest BCUT2D eigenvalue weighted by Crippen LogP contribution is 2.28. The van der Waals surface area contributed by atoms with Crippen LogP contribution in [0.1, 0.15) is 34.8 Å². The number of carbonyl (C=O) groups excluding carboxylic acids is 1. The van der Waals surface area contributed by atoms with Crippen LogP contribution in [-0.2, 0) is 5.75 Å². The lowest BCUT2D eigenvalue weighted by Crippen LogP contribution is -2.46. The molecule has 0 atom stereocenters. The number of benzene rings is 1. The van der Waals surface area contributed by atoms with Crippen LogP contribution in [0.5, 0.6) is 0 Å². The largest absolute Gasteiger partial charge is 0.334 e. The van der Waals surface area contributed by atoms with Gasteiger partial charge in [0, 0.05) is 50.0 Å². The number of amides is 1. The maximum absolute atomic E-state index is 12.5. The molecule has 29 heavy (non-hydrogen) atoms. The molecule has 1 N–H and O–H groups in total. The lowest BCUT2D eigenvalue weighted by molar-refractivity contribution is 0.0734. The molecule has 1 aromatic carbocycles. The minimum absolute atomic E-state index is 0.0123. The maximum atomic E-state index is 12.5. The van der Waals surface area contributed by atoms with Gasteiger partial charge in [0.1, 0.15) is 0 Å². The molecule has 3 aromatic rings. The molecule has 0 aliphatic carbocycles. The molecule has 9 heteroatoms. The maximum Gasteiger partial charge on any atom is 0.284 e. The average Bonchev–Trinajstić information content (AvgIpc) is 3.47. The van der Waals surface area contributed by atoms with E-state index >= 15 is 0 Å². The first kappa shape index (κ1) is 21.5. The molecular formula is C20H26N6OS2. The fraction of sp³-hybridized carbons (Fsp3) is 0.400. The van der Waals surface area contributed by atoms with Crippen molar-refractivity contribution in [1.82, 2.24) is 30.0 Å². The van der Waals surface area contributed by atoms with E-state index in [9.17, 15) is 4.79 Å². The molecule has 0 bridgehead atoms. The summed E-state index contributed by atoms with van der Waals surface area (Å²) in [5.74, 6) is 0.786. The van der Waals surface area contributed by atoms with Crippen molar-refractivity contribution < 1.29 is 4.79 Å². The van der Waals surface area contributed by atoms with E-state index in [1.807, 2.05) is 29.5 Å². The van der Waals surface area contributed by atoms with Crippen LogP contribution in [-0.4, -0.2) is 56.7 Å². The van der Waals surface area contributed by atoms with Gasteiger partial charge in [-0.2, -0.15) is 0 Å². The summed E-state index contributed by atoms with van der Waals surface area (Å²) in [6.45, 7) is 9.23. The third-order valence-corrected chi connectivity index (χ3v) is 6.57. The monoisotopic (exact) mass is 430 g/mol. The van der Waals surface area contributed by atoms with Crippen molar-refractivity contribution in [2.45, 2.75) is 30.9 Å². The highest BCUT2D eigenvalue weighted by molar-refractivity contribution is 8.00. The number of aromatic nitrogens is 4. The van der Waals surface area contributed by atoms with E-state index in [-0.39, 0.29) is 5.91 Å². The van der Waals surface area contributed by atoms with Gasteiger partial charge in [0.2, 0.25) is 5.01 Å². The second-order valence-electron chi connectivity index (χ2n) is 6.28. The molecule has 0 saturated carbocycles. The Hall–Kier alpha value is -2.23. The second-order valence-corrected chi connectivity index (χ2v) is 8.48. The number of thioether (sulfide) groups is 1. The summed E-state index contributed by atoms with van der Waals surface area (Å²) in [6.07, 6.45) is 5.50. The molecule has 2 aromatic heterocycles. The van der Waals surface area contributed by atoms with E-state index in [0.29, 0.717) is 5.01 Å². The van der Waals surface area contributed by atoms with Crippen LogP contribution in [0, 0.1) is 6.92 Å². The highest BCUT2D eigenvalue weighted by atomic mass is 32.2.